The first-order chi connectivity index (χ1) is 39.6. The third-order valence-electron chi connectivity index (χ3n) is 14.8. The minimum atomic E-state index is -1.55. The summed E-state index contributed by atoms with van der Waals surface area (Å²) in [6.07, 6.45) is 4.81. The summed E-state index contributed by atoms with van der Waals surface area (Å²) < 4.78 is 0. The summed E-state index contributed by atoms with van der Waals surface area (Å²) in [7, 11) is 0. The Morgan fingerprint density at radius 1 is 0.602 bits per heavy atom. The molecule has 0 radical (unpaired) electrons. The molecule has 3 aliphatic rings. The molecular formula is C55H89N15O13. The van der Waals surface area contributed by atoms with Crippen molar-refractivity contribution in [3.63, 3.8) is 0 Å². The second-order valence-corrected chi connectivity index (χ2v) is 21.8. The van der Waals surface area contributed by atoms with Crippen LogP contribution < -0.4 is 60.2 Å². The summed E-state index contributed by atoms with van der Waals surface area (Å²) in [6, 6.07) is -1.91. The number of aliphatic hydroxyl groups is 1. The number of carboxylic acids is 1. The molecule has 83 heavy (non-hydrogen) atoms. The van der Waals surface area contributed by atoms with Crippen molar-refractivity contribution in [2.45, 2.75) is 178 Å². The first-order valence-electron chi connectivity index (χ1n) is 28.9. The minimum absolute atomic E-state index is 0.0381. The number of nitrogens with two attached hydrogens (primary N) is 4. The zero-order valence-electron chi connectivity index (χ0n) is 48.1. The van der Waals surface area contributed by atoms with E-state index in [0.717, 1.165) is 0 Å². The Hall–Kier alpha value is -7.46. The zero-order valence-corrected chi connectivity index (χ0v) is 48.1. The fourth-order valence-electron chi connectivity index (χ4n) is 10.6. The van der Waals surface area contributed by atoms with Crippen molar-refractivity contribution in [1.29, 1.82) is 0 Å². The predicted octanol–water partition coefficient (Wildman–Crippen LogP) is -3.32. The van der Waals surface area contributed by atoms with E-state index >= 15 is 0 Å². The molecule has 0 unspecified atom stereocenters. The van der Waals surface area contributed by atoms with Gasteiger partial charge in [-0.2, -0.15) is 0 Å². The van der Waals surface area contributed by atoms with Gasteiger partial charge in [-0.15, -0.1) is 0 Å². The van der Waals surface area contributed by atoms with E-state index in [1.807, 2.05) is 0 Å². The average molecular weight is 1170 g/mol. The highest BCUT2D eigenvalue weighted by atomic mass is 16.4. The summed E-state index contributed by atoms with van der Waals surface area (Å²) in [5, 5.41) is 38.5. The zero-order chi connectivity index (χ0) is 61.2. The van der Waals surface area contributed by atoms with Gasteiger partial charge in [0.2, 0.25) is 59.1 Å². The van der Waals surface area contributed by atoms with Crippen molar-refractivity contribution in [3.8, 4) is 0 Å². The van der Waals surface area contributed by atoms with Crippen LogP contribution in [0.2, 0.25) is 0 Å². The van der Waals surface area contributed by atoms with E-state index in [4.69, 9.17) is 22.9 Å². The van der Waals surface area contributed by atoms with E-state index < -0.39 is 133 Å². The smallest absolute Gasteiger partial charge is 0.326 e. The molecule has 0 spiro atoms. The van der Waals surface area contributed by atoms with Crippen LogP contribution in [0, 0.1) is 5.92 Å². The monoisotopic (exact) mass is 1170 g/mol. The fraction of sp³-hybridized carbons (Fsp3) is 0.673. The van der Waals surface area contributed by atoms with Gasteiger partial charge < -0.3 is 85.1 Å². The summed E-state index contributed by atoms with van der Waals surface area (Å²) in [4.78, 5) is 158. The Labute approximate surface area is 484 Å². The third-order valence-corrected chi connectivity index (χ3v) is 14.8. The number of benzene rings is 1. The lowest BCUT2D eigenvalue weighted by Crippen LogP contribution is -2.59. The molecule has 3 aliphatic heterocycles. The highest BCUT2D eigenvalue weighted by Crippen LogP contribution is 2.27. The highest BCUT2D eigenvalue weighted by Gasteiger charge is 2.45. The van der Waals surface area contributed by atoms with Crippen LogP contribution in [0.4, 0.5) is 0 Å². The molecule has 10 amide bonds. The molecule has 3 saturated heterocycles. The third kappa shape index (κ3) is 21.7. The topological polar surface area (TPSA) is 439 Å². The number of aliphatic carboxylic acids is 1. The Balaban J connectivity index is 1.45. The van der Waals surface area contributed by atoms with Gasteiger partial charge in [0, 0.05) is 39.5 Å². The van der Waals surface area contributed by atoms with Crippen LogP contribution in [0.3, 0.4) is 0 Å². The number of rotatable bonds is 34. The molecule has 3 heterocycles. The van der Waals surface area contributed by atoms with Crippen molar-refractivity contribution < 1.29 is 63.0 Å². The predicted molar refractivity (Wildman–Crippen MR) is 305 cm³/mol. The summed E-state index contributed by atoms with van der Waals surface area (Å²) in [6.45, 7) is 4.59. The minimum Gasteiger partial charge on any atom is -0.480 e. The first kappa shape index (κ1) is 68.0. The number of amides is 10. The lowest BCUT2D eigenvalue weighted by Gasteiger charge is -2.33. The van der Waals surface area contributed by atoms with E-state index in [0.29, 0.717) is 63.6 Å². The SMILES string of the molecule is CC(=O)N[C@@H](CCCCN)C(=O)N[C@@H](CCCCN)C(=O)N[C@@H](CCCN=C(N)N)C(=O)N1CCC[C@H]1C(=O)N1CCC[C@H]1C(=O)NCC(=O)N[C@@H](Cc1ccccc1)C(=O)N[C@@H](CO)C(=O)N1CCC[C@H]1C(=O)N[C@@H](CC(C)C)C(=O)O. The molecule has 28 heteroatoms. The van der Waals surface area contributed by atoms with Crippen LogP contribution in [-0.2, 0) is 59.2 Å². The fourth-order valence-corrected chi connectivity index (χ4v) is 10.6. The summed E-state index contributed by atoms with van der Waals surface area (Å²) in [5.74, 6) is -8.09. The Kier molecular flexibility index (Phi) is 28.6. The average Bonchev–Trinajstić information content (AvgIpc) is 4.29. The molecule has 17 N–H and O–H groups in total. The number of nitrogens with one attached hydrogen (secondary N) is 7. The van der Waals surface area contributed by atoms with Crippen molar-refractivity contribution in [2.75, 3.05) is 52.4 Å². The van der Waals surface area contributed by atoms with Gasteiger partial charge >= 0.3 is 5.97 Å². The van der Waals surface area contributed by atoms with Crippen LogP contribution in [0.1, 0.15) is 123 Å². The molecule has 462 valence electrons. The van der Waals surface area contributed by atoms with Crippen LogP contribution in [-0.4, -0.2) is 203 Å². The van der Waals surface area contributed by atoms with E-state index in [1.165, 1.54) is 21.6 Å². The van der Waals surface area contributed by atoms with Gasteiger partial charge in [0.1, 0.15) is 54.4 Å². The van der Waals surface area contributed by atoms with E-state index in [9.17, 15) is 63.0 Å². The van der Waals surface area contributed by atoms with E-state index in [1.54, 1.807) is 44.2 Å². The Morgan fingerprint density at radius 3 is 1.66 bits per heavy atom. The van der Waals surface area contributed by atoms with E-state index in [-0.39, 0.29) is 95.8 Å². The number of hydrogen-bond donors (Lipinski definition) is 13. The number of guanidine groups is 1. The molecule has 3 fully saturated rings. The van der Waals surface area contributed by atoms with Gasteiger partial charge in [0.25, 0.3) is 0 Å². The number of aliphatic imine (C=N–C) groups is 1. The molecule has 0 aromatic heterocycles. The largest absolute Gasteiger partial charge is 0.480 e. The molecule has 4 rings (SSSR count). The number of nitrogens with zero attached hydrogens (tertiary/aromatic N) is 4. The lowest BCUT2D eigenvalue weighted by molar-refractivity contribution is -0.148. The molecular weight excluding hydrogens is 1080 g/mol. The maximum atomic E-state index is 14.6. The number of hydrogen-bond acceptors (Lipinski definition) is 15. The van der Waals surface area contributed by atoms with Crippen LogP contribution >= 0.6 is 0 Å². The van der Waals surface area contributed by atoms with E-state index in [2.05, 4.69) is 42.2 Å². The summed E-state index contributed by atoms with van der Waals surface area (Å²) >= 11 is 0. The van der Waals surface area contributed by atoms with Crippen LogP contribution in [0.25, 0.3) is 0 Å². The molecule has 1 aromatic carbocycles. The maximum Gasteiger partial charge on any atom is 0.326 e. The Bertz CT molecular complexity index is 2410. The van der Waals surface area contributed by atoms with Gasteiger partial charge in [-0.05, 0) is 121 Å². The van der Waals surface area contributed by atoms with Gasteiger partial charge in [-0.25, -0.2) is 4.79 Å². The van der Waals surface area contributed by atoms with Crippen molar-refractivity contribution in [1.82, 2.24) is 51.9 Å². The van der Waals surface area contributed by atoms with Gasteiger partial charge in [-0.1, -0.05) is 44.2 Å². The number of carboxylic acid groups (broad SMARTS) is 1. The highest BCUT2D eigenvalue weighted by molar-refractivity contribution is 5.99. The molecule has 9 atom stereocenters. The van der Waals surface area contributed by atoms with Crippen LogP contribution in [0.5, 0.6) is 0 Å². The normalized spacial score (nSPS) is 18.8. The number of unbranched alkanes of at least 4 members (excludes halogenated alkanes) is 2. The van der Waals surface area contributed by atoms with Crippen molar-refractivity contribution in [2.24, 2.45) is 33.8 Å². The molecule has 0 saturated carbocycles. The lowest BCUT2D eigenvalue weighted by atomic mass is 10.0. The quantitative estimate of drug-likeness (QED) is 0.0182. The maximum absolute atomic E-state index is 14.6. The Morgan fingerprint density at radius 2 is 1.11 bits per heavy atom. The molecule has 1 aromatic rings. The van der Waals surface area contributed by atoms with Crippen molar-refractivity contribution in [3.05, 3.63) is 35.9 Å². The molecule has 0 bridgehead atoms. The van der Waals surface area contributed by atoms with Crippen molar-refractivity contribution >= 4 is 71.0 Å². The van der Waals surface area contributed by atoms with Gasteiger partial charge in [0.05, 0.1) is 13.2 Å². The molecule has 0 aliphatic carbocycles. The number of carbonyl (C=O) groups excluding carboxylic acids is 10. The number of aliphatic hydroxyl groups excluding tert-OH is 1. The number of carbonyl (C=O) groups is 11. The number of likely N-dealkylation sites (tertiary alicyclic amines) is 3. The standard InChI is InChI=1S/C55H89N15O13/c1-33(2)29-40(54(82)83)66-50(78)43-21-13-26-68(43)52(80)41(32-71)67-48(76)39(30-35-15-5-4-6-16-35)63-45(73)31-61-49(77)42-20-12-27-69(42)53(81)44-22-14-28-70(44)51(79)38(19-11-25-60-55(58)59)65-47(75)37(18-8-10-24-57)64-46(74)36(62-34(3)72)17-7-9-23-56/h4-6,15-16,33,36-44,71H,7-14,17-32,56-57H2,1-3H3,(H,61,77)(H,62,72)(H,63,73)(H,64,74)(H,65,75)(H,66,78)(H,67,76)(H,82,83)(H4,58,59,60)/t36-,37-,38-,39-,40-,41-,42-,43-,44-/m0/s1. The second-order valence-electron chi connectivity index (χ2n) is 21.8. The van der Waals surface area contributed by atoms with Crippen LogP contribution in [0.15, 0.2) is 35.3 Å². The second kappa shape index (κ2) is 34.9. The molecule has 28 nitrogen and oxygen atoms in total. The summed E-state index contributed by atoms with van der Waals surface area (Å²) in [5.41, 5.74) is 23.1. The first-order valence-corrected chi connectivity index (χ1v) is 28.9. The van der Waals surface area contributed by atoms with Gasteiger partial charge in [0.15, 0.2) is 5.96 Å². The van der Waals surface area contributed by atoms with Gasteiger partial charge in [-0.3, -0.25) is 52.9 Å².